The van der Waals surface area contributed by atoms with E-state index in [1.54, 1.807) is 21.9 Å². The van der Waals surface area contributed by atoms with E-state index in [-0.39, 0.29) is 50.8 Å². The zero-order valence-electron chi connectivity index (χ0n) is 24.6. The van der Waals surface area contributed by atoms with Crippen molar-refractivity contribution in [2.45, 2.75) is 57.6 Å². The Kier molecular flexibility index (Phi) is 11.7. The number of unbranched alkanes of at least 4 members (excludes halogenated alkanes) is 1. The molecule has 3 N–H and O–H groups in total. The van der Waals surface area contributed by atoms with Crippen molar-refractivity contribution in [1.29, 1.82) is 0 Å². The molecule has 43 heavy (non-hydrogen) atoms. The third-order valence-corrected chi connectivity index (χ3v) is 7.51. The number of piperazine rings is 1. The Morgan fingerprint density at radius 3 is 2.42 bits per heavy atom. The summed E-state index contributed by atoms with van der Waals surface area (Å²) in [6, 6.07) is 11.7. The highest BCUT2D eigenvalue weighted by atomic mass is 16.6. The molecule has 0 radical (unpaired) electrons. The first-order valence-electron chi connectivity index (χ1n) is 15.0. The normalized spacial score (nSPS) is 16.3. The van der Waals surface area contributed by atoms with Crippen molar-refractivity contribution >= 4 is 23.9 Å². The van der Waals surface area contributed by atoms with Crippen LogP contribution in [-0.4, -0.2) is 102 Å². The highest BCUT2D eigenvalue weighted by Gasteiger charge is 2.31. The summed E-state index contributed by atoms with van der Waals surface area (Å²) in [6.45, 7) is 5.11. The predicted octanol–water partition coefficient (Wildman–Crippen LogP) is 2.92. The molecule has 12 heteroatoms. The van der Waals surface area contributed by atoms with Crippen LogP contribution in [0.4, 0.5) is 4.79 Å². The van der Waals surface area contributed by atoms with E-state index in [4.69, 9.17) is 9.47 Å². The van der Waals surface area contributed by atoms with Gasteiger partial charge < -0.3 is 35.0 Å². The number of nitrogens with one attached hydrogen (secondary N) is 2. The Morgan fingerprint density at radius 1 is 1.05 bits per heavy atom. The second kappa shape index (κ2) is 15.9. The van der Waals surface area contributed by atoms with Gasteiger partial charge in [-0.25, -0.2) is 9.78 Å². The number of carbonyl (C=O) groups excluding carboxylic acids is 3. The monoisotopic (exact) mass is 595 g/mol. The van der Waals surface area contributed by atoms with Gasteiger partial charge in [0, 0.05) is 50.3 Å². The third kappa shape index (κ3) is 9.40. The molecule has 2 aliphatic rings. The number of carboxylic acids is 1. The molecule has 0 unspecified atom stereocenters. The summed E-state index contributed by atoms with van der Waals surface area (Å²) in [7, 11) is 0. The van der Waals surface area contributed by atoms with Gasteiger partial charge in [0.1, 0.15) is 23.6 Å². The number of aliphatic carboxylic acids is 1. The lowest BCUT2D eigenvalue weighted by Gasteiger charge is -2.36. The fourth-order valence-electron chi connectivity index (χ4n) is 5.03. The number of pyridine rings is 1. The van der Waals surface area contributed by atoms with E-state index in [0.29, 0.717) is 18.1 Å². The molecule has 1 aromatic heterocycles. The largest absolute Gasteiger partial charge is 0.490 e. The van der Waals surface area contributed by atoms with Gasteiger partial charge in [-0.05, 0) is 38.8 Å². The minimum absolute atomic E-state index is 0.00401. The summed E-state index contributed by atoms with van der Waals surface area (Å²) in [4.78, 5) is 58.4. The van der Waals surface area contributed by atoms with Crippen molar-refractivity contribution in [1.82, 2.24) is 25.4 Å². The van der Waals surface area contributed by atoms with E-state index in [9.17, 15) is 24.3 Å². The number of hydrogen-bond donors (Lipinski definition) is 3. The van der Waals surface area contributed by atoms with E-state index >= 15 is 0 Å². The molecule has 0 saturated carbocycles. The van der Waals surface area contributed by atoms with E-state index in [0.717, 1.165) is 44.3 Å². The molecule has 3 heterocycles. The number of benzene rings is 1. The van der Waals surface area contributed by atoms with Crippen molar-refractivity contribution in [2.24, 2.45) is 0 Å². The van der Waals surface area contributed by atoms with Gasteiger partial charge >= 0.3 is 12.1 Å². The molecule has 1 atom stereocenters. The number of nitrogens with zero attached hydrogens (tertiary/aromatic N) is 3. The van der Waals surface area contributed by atoms with Gasteiger partial charge in [-0.15, -0.1) is 0 Å². The summed E-state index contributed by atoms with van der Waals surface area (Å²) in [5.74, 6) is -1.58. The van der Waals surface area contributed by atoms with Crippen molar-refractivity contribution in [2.75, 3.05) is 45.9 Å². The van der Waals surface area contributed by atoms with Gasteiger partial charge in [-0.1, -0.05) is 43.7 Å². The summed E-state index contributed by atoms with van der Waals surface area (Å²) in [5.41, 5.74) is 1.42. The molecule has 2 saturated heterocycles. The van der Waals surface area contributed by atoms with Crippen LogP contribution in [0, 0.1) is 0 Å². The number of carbonyl (C=O) groups is 4. The molecule has 2 aromatic rings. The smallest absolute Gasteiger partial charge is 0.409 e. The summed E-state index contributed by atoms with van der Waals surface area (Å²) >= 11 is 0. The molecule has 2 fully saturated rings. The average Bonchev–Trinajstić information content (AvgIpc) is 3.03. The molecule has 4 rings (SSSR count). The molecule has 0 spiro atoms. The first-order chi connectivity index (χ1) is 20.8. The van der Waals surface area contributed by atoms with Crippen molar-refractivity contribution in [3.63, 3.8) is 0 Å². The maximum atomic E-state index is 13.6. The minimum Gasteiger partial charge on any atom is -0.490 e. The van der Waals surface area contributed by atoms with Crippen LogP contribution in [0.15, 0.2) is 42.5 Å². The second-order valence-corrected chi connectivity index (χ2v) is 10.7. The Bertz CT molecular complexity index is 1240. The van der Waals surface area contributed by atoms with E-state index in [2.05, 4.69) is 15.6 Å². The van der Waals surface area contributed by atoms with Gasteiger partial charge in [-0.2, -0.15) is 0 Å². The Labute approximate surface area is 251 Å². The van der Waals surface area contributed by atoms with Gasteiger partial charge in [0.25, 0.3) is 5.91 Å². The van der Waals surface area contributed by atoms with Crippen molar-refractivity contribution in [3.8, 4) is 17.0 Å². The Morgan fingerprint density at radius 2 is 1.74 bits per heavy atom. The zero-order valence-corrected chi connectivity index (χ0v) is 24.6. The third-order valence-electron chi connectivity index (χ3n) is 7.51. The van der Waals surface area contributed by atoms with Crippen LogP contribution >= 0.6 is 0 Å². The first kappa shape index (κ1) is 31.7. The van der Waals surface area contributed by atoms with Crippen molar-refractivity contribution in [3.05, 3.63) is 48.2 Å². The van der Waals surface area contributed by atoms with Crippen LogP contribution in [-0.2, 0) is 14.3 Å². The highest BCUT2D eigenvalue weighted by molar-refractivity contribution is 5.97. The van der Waals surface area contributed by atoms with Crippen LogP contribution in [0.25, 0.3) is 11.3 Å². The average molecular weight is 596 g/mol. The first-order valence-corrected chi connectivity index (χ1v) is 15.0. The summed E-state index contributed by atoms with van der Waals surface area (Å²) in [5, 5.41) is 15.4. The van der Waals surface area contributed by atoms with E-state index < -0.39 is 29.9 Å². The molecule has 3 amide bonds. The predicted molar refractivity (Wildman–Crippen MR) is 159 cm³/mol. The van der Waals surface area contributed by atoms with Gasteiger partial charge in [0.05, 0.1) is 12.3 Å². The fourth-order valence-corrected chi connectivity index (χ4v) is 5.03. The maximum Gasteiger partial charge on any atom is 0.409 e. The molecule has 2 aliphatic heterocycles. The Balaban J connectivity index is 1.48. The quantitative estimate of drug-likeness (QED) is 0.315. The zero-order chi connectivity index (χ0) is 30.6. The lowest BCUT2D eigenvalue weighted by atomic mass is 10.1. The lowest BCUT2D eigenvalue weighted by molar-refractivity contribution is -0.138. The van der Waals surface area contributed by atoms with E-state index in [1.165, 1.54) is 0 Å². The minimum atomic E-state index is -1.08. The number of piperidine rings is 1. The van der Waals surface area contributed by atoms with Crippen LogP contribution in [0.5, 0.6) is 5.75 Å². The molecular weight excluding hydrogens is 554 g/mol. The van der Waals surface area contributed by atoms with Crippen LogP contribution in [0.1, 0.15) is 55.9 Å². The summed E-state index contributed by atoms with van der Waals surface area (Å²) in [6.07, 6.45) is 2.55. The second-order valence-electron chi connectivity index (χ2n) is 10.7. The maximum absolute atomic E-state index is 13.6. The van der Waals surface area contributed by atoms with Crippen LogP contribution in [0.2, 0.25) is 0 Å². The van der Waals surface area contributed by atoms with Gasteiger partial charge in [0.15, 0.2) is 0 Å². The summed E-state index contributed by atoms with van der Waals surface area (Å²) < 4.78 is 11.5. The van der Waals surface area contributed by atoms with Crippen molar-refractivity contribution < 1.29 is 33.8 Å². The number of rotatable bonds is 12. The molecule has 1 aromatic carbocycles. The topological polar surface area (TPSA) is 150 Å². The molecule has 232 valence electrons. The highest BCUT2D eigenvalue weighted by Crippen LogP contribution is 2.25. The molecular formula is C31H41N5O7. The van der Waals surface area contributed by atoms with Crippen LogP contribution < -0.4 is 15.4 Å². The van der Waals surface area contributed by atoms with E-state index in [1.807, 2.05) is 37.3 Å². The molecule has 0 bridgehead atoms. The number of amides is 3. The molecule has 0 aliphatic carbocycles. The lowest BCUT2D eigenvalue weighted by Crippen LogP contribution is -2.56. The standard InChI is InChI=1S/C31H41N5O7/c1-2-3-19-42-31(41)36-17-15-35(16-18-36)30(40)25(9-10-28(37)38)34-29(39)27-21-24(43-23-11-13-32-14-12-23)20-26(33-27)22-7-5-4-6-8-22/h4-8,20-21,23,25,32H,2-3,9-19H2,1H3,(H,34,39)(H,37,38)/t25-/m0/s1. The molecule has 12 nitrogen and oxygen atoms in total. The Hall–Kier alpha value is -4.19. The van der Waals surface area contributed by atoms with Gasteiger partial charge in [0.2, 0.25) is 5.91 Å². The number of carboxylic acid groups (broad SMARTS) is 1. The van der Waals surface area contributed by atoms with Gasteiger partial charge in [-0.3, -0.25) is 14.4 Å². The fraction of sp³-hybridized carbons (Fsp3) is 0.516. The number of ether oxygens (including phenoxy) is 2. The SMILES string of the molecule is CCCCOC(=O)N1CCN(C(=O)[C@H](CCC(=O)O)NC(=O)c2cc(OC3CCNCC3)cc(-c3ccccc3)n2)CC1. The number of hydrogen-bond acceptors (Lipinski definition) is 8. The number of aromatic nitrogens is 1. The van der Waals surface area contributed by atoms with Crippen LogP contribution in [0.3, 0.4) is 0 Å².